The lowest BCUT2D eigenvalue weighted by atomic mass is 9.98. The molecule has 74 valence electrons. The second kappa shape index (κ2) is 4.23. The molecule has 2 N–H and O–H groups in total. The van der Waals surface area contributed by atoms with Crippen molar-refractivity contribution in [1.29, 1.82) is 0 Å². The van der Waals surface area contributed by atoms with E-state index >= 15 is 0 Å². The van der Waals surface area contributed by atoms with Crippen molar-refractivity contribution in [3.05, 3.63) is 0 Å². The SMILES string of the molecule is CN1CCCC(C(=O)NC(=O)O)C1. The van der Waals surface area contributed by atoms with Crippen LogP contribution in [0.2, 0.25) is 0 Å². The third kappa shape index (κ3) is 3.02. The lowest BCUT2D eigenvalue weighted by molar-refractivity contribution is -0.125. The number of likely N-dealkylation sites (tertiary alicyclic amines) is 1. The van der Waals surface area contributed by atoms with Crippen LogP contribution in [0.4, 0.5) is 4.79 Å². The molecule has 5 heteroatoms. The Labute approximate surface area is 76.7 Å². The zero-order valence-corrected chi connectivity index (χ0v) is 7.62. The summed E-state index contributed by atoms with van der Waals surface area (Å²) in [5.74, 6) is -0.547. The highest BCUT2D eigenvalue weighted by Gasteiger charge is 2.24. The molecule has 1 atom stereocenters. The first-order valence-electron chi connectivity index (χ1n) is 4.32. The van der Waals surface area contributed by atoms with Crippen LogP contribution in [0.15, 0.2) is 0 Å². The fourth-order valence-corrected chi connectivity index (χ4v) is 1.59. The van der Waals surface area contributed by atoms with Crippen LogP contribution >= 0.6 is 0 Å². The number of nitrogens with zero attached hydrogens (tertiary/aromatic N) is 1. The van der Waals surface area contributed by atoms with Crippen molar-refractivity contribution >= 4 is 12.0 Å². The molecule has 1 unspecified atom stereocenters. The maximum Gasteiger partial charge on any atom is 0.411 e. The zero-order chi connectivity index (χ0) is 9.84. The van der Waals surface area contributed by atoms with E-state index in [0.29, 0.717) is 6.54 Å². The van der Waals surface area contributed by atoms with Crippen LogP contribution in [0.3, 0.4) is 0 Å². The molecule has 1 aliphatic heterocycles. The summed E-state index contributed by atoms with van der Waals surface area (Å²) in [7, 11) is 1.93. The molecule has 1 saturated heterocycles. The van der Waals surface area contributed by atoms with Crippen molar-refractivity contribution in [1.82, 2.24) is 10.2 Å². The van der Waals surface area contributed by atoms with E-state index in [2.05, 4.69) is 0 Å². The van der Waals surface area contributed by atoms with Gasteiger partial charge < -0.3 is 10.0 Å². The molecule has 0 aliphatic carbocycles. The average Bonchev–Trinajstić information content (AvgIpc) is 2.03. The van der Waals surface area contributed by atoms with Crippen molar-refractivity contribution in [2.24, 2.45) is 5.92 Å². The minimum absolute atomic E-state index is 0.171. The van der Waals surface area contributed by atoms with Gasteiger partial charge in [0.1, 0.15) is 0 Å². The molecule has 0 aromatic rings. The van der Waals surface area contributed by atoms with E-state index in [1.54, 1.807) is 0 Å². The normalized spacial score (nSPS) is 23.9. The molecule has 1 aliphatic rings. The Hall–Kier alpha value is -1.10. The van der Waals surface area contributed by atoms with E-state index < -0.39 is 6.09 Å². The summed E-state index contributed by atoms with van der Waals surface area (Å²) < 4.78 is 0. The zero-order valence-electron chi connectivity index (χ0n) is 7.62. The molecule has 5 nitrogen and oxygen atoms in total. The molecular formula is C8H14N2O3. The van der Waals surface area contributed by atoms with E-state index in [1.165, 1.54) is 0 Å². The van der Waals surface area contributed by atoms with Crippen molar-refractivity contribution in [3.8, 4) is 0 Å². The van der Waals surface area contributed by atoms with Gasteiger partial charge in [-0.25, -0.2) is 4.79 Å². The summed E-state index contributed by atoms with van der Waals surface area (Å²) >= 11 is 0. The van der Waals surface area contributed by atoms with Gasteiger partial charge in [-0.1, -0.05) is 0 Å². The number of carboxylic acid groups (broad SMARTS) is 1. The number of imide groups is 1. The van der Waals surface area contributed by atoms with Crippen molar-refractivity contribution in [2.45, 2.75) is 12.8 Å². The highest BCUT2D eigenvalue weighted by Crippen LogP contribution is 2.14. The largest absolute Gasteiger partial charge is 0.465 e. The van der Waals surface area contributed by atoms with E-state index in [4.69, 9.17) is 5.11 Å². The second-order valence-electron chi connectivity index (χ2n) is 3.40. The predicted octanol–water partition coefficient (Wildman–Crippen LogP) is 0.122. The fraction of sp³-hybridized carbons (Fsp3) is 0.750. The van der Waals surface area contributed by atoms with Gasteiger partial charge in [0.2, 0.25) is 5.91 Å². The molecule has 1 rings (SSSR count). The van der Waals surface area contributed by atoms with Gasteiger partial charge in [-0.15, -0.1) is 0 Å². The van der Waals surface area contributed by atoms with E-state index in [9.17, 15) is 9.59 Å². The molecule has 13 heavy (non-hydrogen) atoms. The summed E-state index contributed by atoms with van der Waals surface area (Å²) in [6.45, 7) is 1.63. The molecule has 2 amide bonds. The summed E-state index contributed by atoms with van der Waals surface area (Å²) in [5, 5.41) is 10.2. The molecule has 0 aromatic heterocycles. The molecule has 0 aromatic carbocycles. The number of nitrogens with one attached hydrogen (secondary N) is 1. The summed E-state index contributed by atoms with van der Waals surface area (Å²) in [6, 6.07) is 0. The first kappa shape index (κ1) is 9.98. The Morgan fingerprint density at radius 2 is 2.23 bits per heavy atom. The van der Waals surface area contributed by atoms with E-state index in [0.717, 1.165) is 19.4 Å². The van der Waals surface area contributed by atoms with Gasteiger partial charge in [-0.05, 0) is 26.4 Å². The molecule has 0 bridgehead atoms. The molecule has 0 radical (unpaired) electrons. The maximum atomic E-state index is 11.2. The van der Waals surface area contributed by atoms with Crippen LogP contribution in [-0.4, -0.2) is 42.1 Å². The van der Waals surface area contributed by atoms with Crippen LogP contribution in [0.25, 0.3) is 0 Å². The average molecular weight is 186 g/mol. The van der Waals surface area contributed by atoms with Gasteiger partial charge in [0.25, 0.3) is 0 Å². The first-order valence-corrected chi connectivity index (χ1v) is 4.32. The van der Waals surface area contributed by atoms with Gasteiger partial charge in [0.05, 0.1) is 5.92 Å². The number of hydrogen-bond donors (Lipinski definition) is 2. The Morgan fingerprint density at radius 3 is 2.77 bits per heavy atom. The maximum absolute atomic E-state index is 11.2. The molecular weight excluding hydrogens is 172 g/mol. The highest BCUT2D eigenvalue weighted by atomic mass is 16.4. The second-order valence-corrected chi connectivity index (χ2v) is 3.40. The van der Waals surface area contributed by atoms with Crippen LogP contribution in [-0.2, 0) is 4.79 Å². The number of piperidine rings is 1. The smallest absolute Gasteiger partial charge is 0.411 e. The minimum atomic E-state index is -1.27. The molecule has 1 fully saturated rings. The number of amides is 2. The van der Waals surface area contributed by atoms with Crippen LogP contribution < -0.4 is 5.32 Å². The van der Waals surface area contributed by atoms with Gasteiger partial charge in [-0.2, -0.15) is 0 Å². The van der Waals surface area contributed by atoms with Crippen molar-refractivity contribution in [3.63, 3.8) is 0 Å². The summed E-state index contributed by atoms with van der Waals surface area (Å²) in [5.41, 5.74) is 0. The van der Waals surface area contributed by atoms with E-state index in [1.807, 2.05) is 17.3 Å². The monoisotopic (exact) mass is 186 g/mol. The standard InChI is InChI=1S/C8H14N2O3/c1-10-4-2-3-6(5-10)7(11)9-8(12)13/h6H,2-5H2,1H3,(H,9,11)(H,12,13). The van der Waals surface area contributed by atoms with Crippen LogP contribution in [0.1, 0.15) is 12.8 Å². The number of hydrogen-bond acceptors (Lipinski definition) is 3. The fourth-order valence-electron chi connectivity index (χ4n) is 1.59. The van der Waals surface area contributed by atoms with Crippen LogP contribution in [0, 0.1) is 5.92 Å². The minimum Gasteiger partial charge on any atom is -0.465 e. The van der Waals surface area contributed by atoms with Crippen molar-refractivity contribution in [2.75, 3.05) is 20.1 Å². The predicted molar refractivity (Wildman–Crippen MR) is 46.4 cm³/mol. The molecule has 0 saturated carbocycles. The third-order valence-electron chi connectivity index (χ3n) is 2.23. The quantitative estimate of drug-likeness (QED) is 0.610. The van der Waals surface area contributed by atoms with Gasteiger partial charge in [-0.3, -0.25) is 10.1 Å². The third-order valence-corrected chi connectivity index (χ3v) is 2.23. The van der Waals surface area contributed by atoms with Gasteiger partial charge in [0.15, 0.2) is 0 Å². The van der Waals surface area contributed by atoms with Gasteiger partial charge in [0, 0.05) is 6.54 Å². The number of rotatable bonds is 1. The topological polar surface area (TPSA) is 69.6 Å². The first-order chi connectivity index (χ1) is 6.09. The molecule has 1 heterocycles. The van der Waals surface area contributed by atoms with Crippen LogP contribution in [0.5, 0.6) is 0 Å². The number of carbonyl (C=O) groups is 2. The lowest BCUT2D eigenvalue weighted by Crippen LogP contribution is -2.42. The Bertz CT molecular complexity index is 217. The van der Waals surface area contributed by atoms with E-state index in [-0.39, 0.29) is 11.8 Å². The van der Waals surface area contributed by atoms with Gasteiger partial charge >= 0.3 is 6.09 Å². The Morgan fingerprint density at radius 1 is 1.54 bits per heavy atom. The number of carbonyl (C=O) groups excluding carboxylic acids is 1. The highest BCUT2D eigenvalue weighted by molar-refractivity contribution is 5.92. The Kier molecular flexibility index (Phi) is 3.25. The molecule has 0 spiro atoms. The Balaban J connectivity index is 2.41. The summed E-state index contributed by atoms with van der Waals surface area (Å²) in [4.78, 5) is 23.5. The van der Waals surface area contributed by atoms with Crippen molar-refractivity contribution < 1.29 is 14.7 Å². The summed E-state index contributed by atoms with van der Waals surface area (Å²) in [6.07, 6.45) is 0.468. The lowest BCUT2D eigenvalue weighted by Gasteiger charge is -2.28.